The summed E-state index contributed by atoms with van der Waals surface area (Å²) in [4.78, 5) is 14.8. The summed E-state index contributed by atoms with van der Waals surface area (Å²) in [5.74, 6) is -0.102. The molecule has 0 radical (unpaired) electrons. The Bertz CT molecular complexity index is 669. The van der Waals surface area contributed by atoms with Gasteiger partial charge in [-0.2, -0.15) is 5.10 Å². The van der Waals surface area contributed by atoms with Gasteiger partial charge in [-0.05, 0) is 58.9 Å². The molecule has 5 heteroatoms. The number of aryl methyl sites for hydroxylation is 2. The molecule has 124 valence electrons. The average Bonchev–Trinajstić information content (AvgIpc) is 2.84. The van der Waals surface area contributed by atoms with E-state index < -0.39 is 0 Å². The standard InChI is InChI=1S/C18H26N4O/c1-6-21(7-2)16-11-9-15(10-12-16)19-18(23)17-13(4)20-22(8-3)14(17)5/h9-12H,6-8H2,1-5H3,(H,19,23). The Morgan fingerprint density at radius 1 is 1.13 bits per heavy atom. The smallest absolute Gasteiger partial charge is 0.259 e. The van der Waals surface area contributed by atoms with Crippen molar-refractivity contribution in [2.24, 2.45) is 0 Å². The van der Waals surface area contributed by atoms with Crippen LogP contribution in [0.5, 0.6) is 0 Å². The van der Waals surface area contributed by atoms with Crippen molar-refractivity contribution < 1.29 is 4.79 Å². The van der Waals surface area contributed by atoms with Gasteiger partial charge in [0.1, 0.15) is 0 Å². The van der Waals surface area contributed by atoms with Gasteiger partial charge in [0.05, 0.1) is 11.3 Å². The number of nitrogens with one attached hydrogen (secondary N) is 1. The minimum absolute atomic E-state index is 0.102. The van der Waals surface area contributed by atoms with E-state index in [9.17, 15) is 4.79 Å². The zero-order valence-electron chi connectivity index (χ0n) is 14.7. The minimum atomic E-state index is -0.102. The van der Waals surface area contributed by atoms with Crippen LogP contribution >= 0.6 is 0 Å². The third-order valence-electron chi connectivity index (χ3n) is 4.16. The van der Waals surface area contributed by atoms with Gasteiger partial charge in [0.15, 0.2) is 0 Å². The lowest BCUT2D eigenvalue weighted by Gasteiger charge is -2.21. The number of aromatic nitrogens is 2. The molecule has 5 nitrogen and oxygen atoms in total. The summed E-state index contributed by atoms with van der Waals surface area (Å²) in [6, 6.07) is 7.97. The molecule has 0 saturated carbocycles. The summed E-state index contributed by atoms with van der Waals surface area (Å²) >= 11 is 0. The van der Waals surface area contributed by atoms with Gasteiger partial charge in [0.25, 0.3) is 5.91 Å². The fourth-order valence-corrected chi connectivity index (χ4v) is 2.87. The molecule has 0 fully saturated rings. The van der Waals surface area contributed by atoms with Crippen molar-refractivity contribution in [1.82, 2.24) is 9.78 Å². The minimum Gasteiger partial charge on any atom is -0.372 e. The fraction of sp³-hybridized carbons (Fsp3) is 0.444. The lowest BCUT2D eigenvalue weighted by atomic mass is 10.1. The SMILES string of the molecule is CCN(CC)c1ccc(NC(=O)c2c(C)nn(CC)c2C)cc1. The number of rotatable bonds is 6. The van der Waals surface area contributed by atoms with Gasteiger partial charge >= 0.3 is 0 Å². The van der Waals surface area contributed by atoms with Gasteiger partial charge in [0.2, 0.25) is 0 Å². The zero-order chi connectivity index (χ0) is 17.0. The molecular formula is C18H26N4O. The van der Waals surface area contributed by atoms with E-state index in [1.807, 2.05) is 49.7 Å². The Hall–Kier alpha value is -2.30. The summed E-state index contributed by atoms with van der Waals surface area (Å²) in [5.41, 5.74) is 4.30. The van der Waals surface area contributed by atoms with Gasteiger partial charge in [-0.15, -0.1) is 0 Å². The molecule has 0 aliphatic carbocycles. The highest BCUT2D eigenvalue weighted by molar-refractivity contribution is 6.05. The van der Waals surface area contributed by atoms with Crippen molar-refractivity contribution in [2.75, 3.05) is 23.3 Å². The first kappa shape index (κ1) is 17.1. The van der Waals surface area contributed by atoms with E-state index in [-0.39, 0.29) is 5.91 Å². The lowest BCUT2D eigenvalue weighted by molar-refractivity contribution is 0.102. The Labute approximate surface area is 138 Å². The van der Waals surface area contributed by atoms with Crippen LogP contribution in [0, 0.1) is 13.8 Å². The van der Waals surface area contributed by atoms with Crippen molar-refractivity contribution >= 4 is 17.3 Å². The Balaban J connectivity index is 2.16. The van der Waals surface area contributed by atoms with Crippen molar-refractivity contribution in [3.63, 3.8) is 0 Å². The first-order valence-electron chi connectivity index (χ1n) is 8.22. The summed E-state index contributed by atoms with van der Waals surface area (Å²) in [6.45, 7) is 12.8. The third kappa shape index (κ3) is 3.55. The molecule has 1 heterocycles. The molecule has 0 unspecified atom stereocenters. The maximum atomic E-state index is 12.5. The van der Waals surface area contributed by atoms with Gasteiger partial charge < -0.3 is 10.2 Å². The molecule has 23 heavy (non-hydrogen) atoms. The number of hydrogen-bond acceptors (Lipinski definition) is 3. The second-order valence-electron chi connectivity index (χ2n) is 5.53. The van der Waals surface area contributed by atoms with Crippen LogP contribution in [-0.2, 0) is 6.54 Å². The monoisotopic (exact) mass is 314 g/mol. The molecule has 0 saturated heterocycles. The van der Waals surface area contributed by atoms with Crippen molar-refractivity contribution in [2.45, 2.75) is 41.2 Å². The number of carbonyl (C=O) groups is 1. The van der Waals surface area contributed by atoms with E-state index in [2.05, 4.69) is 29.2 Å². The fourth-order valence-electron chi connectivity index (χ4n) is 2.87. The number of hydrogen-bond donors (Lipinski definition) is 1. The van der Waals surface area contributed by atoms with Gasteiger partial charge in [-0.3, -0.25) is 9.48 Å². The quantitative estimate of drug-likeness (QED) is 0.886. The van der Waals surface area contributed by atoms with E-state index in [1.54, 1.807) is 0 Å². The highest BCUT2D eigenvalue weighted by Crippen LogP contribution is 2.20. The largest absolute Gasteiger partial charge is 0.372 e. The molecule has 2 rings (SSSR count). The molecule has 1 amide bonds. The third-order valence-corrected chi connectivity index (χ3v) is 4.16. The van der Waals surface area contributed by atoms with E-state index in [4.69, 9.17) is 0 Å². The Morgan fingerprint density at radius 3 is 2.22 bits per heavy atom. The van der Waals surface area contributed by atoms with Crippen LogP contribution in [0.3, 0.4) is 0 Å². The molecular weight excluding hydrogens is 288 g/mol. The first-order valence-corrected chi connectivity index (χ1v) is 8.22. The number of carbonyl (C=O) groups excluding carboxylic acids is 1. The Morgan fingerprint density at radius 2 is 1.74 bits per heavy atom. The molecule has 1 aromatic heterocycles. The van der Waals surface area contributed by atoms with Gasteiger partial charge in [-0.25, -0.2) is 0 Å². The summed E-state index contributed by atoms with van der Waals surface area (Å²) < 4.78 is 1.85. The second kappa shape index (κ2) is 7.31. The van der Waals surface area contributed by atoms with Crippen LogP contribution in [-0.4, -0.2) is 28.8 Å². The molecule has 0 aliphatic rings. The van der Waals surface area contributed by atoms with Crippen molar-refractivity contribution in [3.05, 3.63) is 41.2 Å². The number of nitrogens with zero attached hydrogens (tertiary/aromatic N) is 3. The van der Waals surface area contributed by atoms with Crippen LogP contribution in [0.1, 0.15) is 42.5 Å². The van der Waals surface area contributed by atoms with Crippen molar-refractivity contribution in [3.8, 4) is 0 Å². The predicted octanol–water partition coefficient (Wildman–Crippen LogP) is 3.62. The summed E-state index contributed by atoms with van der Waals surface area (Å²) in [7, 11) is 0. The first-order chi connectivity index (χ1) is 11.0. The van der Waals surface area contributed by atoms with Crippen LogP contribution in [0.4, 0.5) is 11.4 Å². The highest BCUT2D eigenvalue weighted by Gasteiger charge is 2.18. The topological polar surface area (TPSA) is 50.2 Å². The average molecular weight is 314 g/mol. The van der Waals surface area contributed by atoms with Crippen LogP contribution < -0.4 is 10.2 Å². The van der Waals surface area contributed by atoms with Crippen LogP contribution in [0.25, 0.3) is 0 Å². The molecule has 1 aromatic carbocycles. The lowest BCUT2D eigenvalue weighted by Crippen LogP contribution is -2.21. The number of anilines is 2. The maximum absolute atomic E-state index is 12.5. The molecule has 0 bridgehead atoms. The van der Waals surface area contributed by atoms with E-state index in [0.717, 1.165) is 36.7 Å². The summed E-state index contributed by atoms with van der Waals surface area (Å²) in [6.07, 6.45) is 0. The van der Waals surface area contributed by atoms with Gasteiger partial charge in [0, 0.05) is 36.7 Å². The van der Waals surface area contributed by atoms with Crippen LogP contribution in [0.15, 0.2) is 24.3 Å². The number of amides is 1. The maximum Gasteiger partial charge on any atom is 0.259 e. The molecule has 0 spiro atoms. The Kier molecular flexibility index (Phi) is 5.42. The second-order valence-corrected chi connectivity index (χ2v) is 5.53. The van der Waals surface area contributed by atoms with Crippen LogP contribution in [0.2, 0.25) is 0 Å². The summed E-state index contributed by atoms with van der Waals surface area (Å²) in [5, 5.41) is 7.37. The molecule has 0 aliphatic heterocycles. The van der Waals surface area contributed by atoms with E-state index in [0.29, 0.717) is 5.56 Å². The predicted molar refractivity (Wildman–Crippen MR) is 95.3 cm³/mol. The van der Waals surface area contributed by atoms with Gasteiger partial charge in [-0.1, -0.05) is 0 Å². The van der Waals surface area contributed by atoms with E-state index in [1.165, 1.54) is 5.69 Å². The number of benzene rings is 1. The van der Waals surface area contributed by atoms with Crippen molar-refractivity contribution in [1.29, 1.82) is 0 Å². The van der Waals surface area contributed by atoms with E-state index >= 15 is 0 Å². The normalized spacial score (nSPS) is 10.7. The molecule has 0 atom stereocenters. The molecule has 1 N–H and O–H groups in total. The molecule has 2 aromatic rings. The zero-order valence-corrected chi connectivity index (χ0v) is 14.7. The highest BCUT2D eigenvalue weighted by atomic mass is 16.1.